The first-order valence-corrected chi connectivity index (χ1v) is 5.31. The molecule has 4 nitrogen and oxygen atoms in total. The van der Waals surface area contributed by atoms with E-state index in [1.807, 2.05) is 0 Å². The Morgan fingerprint density at radius 3 is 2.87 bits per heavy atom. The Hall–Kier alpha value is -1.07. The van der Waals surface area contributed by atoms with E-state index in [0.717, 1.165) is 4.47 Å². The molecule has 15 heavy (non-hydrogen) atoms. The number of rotatable bonds is 3. The lowest BCUT2D eigenvalue weighted by molar-refractivity contribution is 0.0925. The van der Waals surface area contributed by atoms with Crippen molar-refractivity contribution in [1.82, 2.24) is 5.32 Å². The highest BCUT2D eigenvalue weighted by molar-refractivity contribution is 9.10. The number of aliphatic hydroxyl groups is 1. The van der Waals surface area contributed by atoms with E-state index < -0.39 is 6.10 Å². The molecule has 1 unspecified atom stereocenters. The molecule has 0 aromatic heterocycles. The average molecular weight is 273 g/mol. The molecule has 4 N–H and O–H groups in total. The number of anilines is 1. The minimum absolute atomic E-state index is 0.217. The van der Waals surface area contributed by atoms with E-state index in [-0.39, 0.29) is 12.5 Å². The summed E-state index contributed by atoms with van der Waals surface area (Å²) in [5.41, 5.74) is 6.50. The van der Waals surface area contributed by atoms with Crippen LogP contribution in [0.4, 0.5) is 5.69 Å². The predicted molar refractivity (Wildman–Crippen MR) is 62.6 cm³/mol. The van der Waals surface area contributed by atoms with Crippen molar-refractivity contribution in [3.63, 3.8) is 0 Å². The van der Waals surface area contributed by atoms with E-state index in [0.29, 0.717) is 11.3 Å². The summed E-state index contributed by atoms with van der Waals surface area (Å²) in [6, 6.07) is 5.04. The number of halogens is 1. The van der Waals surface area contributed by atoms with E-state index in [1.165, 1.54) is 0 Å². The number of nitrogens with one attached hydrogen (secondary N) is 1. The first-order valence-electron chi connectivity index (χ1n) is 4.52. The highest BCUT2D eigenvalue weighted by Crippen LogP contribution is 2.18. The number of nitrogens with two attached hydrogens (primary N) is 1. The number of hydrogen-bond donors (Lipinski definition) is 3. The van der Waals surface area contributed by atoms with Gasteiger partial charge in [-0.05, 0) is 25.1 Å². The van der Waals surface area contributed by atoms with Gasteiger partial charge in [0.1, 0.15) is 0 Å². The molecule has 5 heteroatoms. The van der Waals surface area contributed by atoms with Gasteiger partial charge in [0, 0.05) is 16.7 Å². The van der Waals surface area contributed by atoms with E-state index in [9.17, 15) is 4.79 Å². The molecule has 0 radical (unpaired) electrons. The van der Waals surface area contributed by atoms with Gasteiger partial charge in [-0.2, -0.15) is 0 Å². The summed E-state index contributed by atoms with van der Waals surface area (Å²) >= 11 is 3.26. The maximum Gasteiger partial charge on any atom is 0.253 e. The molecule has 0 saturated heterocycles. The van der Waals surface area contributed by atoms with Crippen LogP contribution in [0.15, 0.2) is 22.7 Å². The molecule has 0 fully saturated rings. The molecular weight excluding hydrogens is 260 g/mol. The minimum atomic E-state index is -0.564. The third-order valence-corrected chi connectivity index (χ3v) is 2.31. The number of carbonyl (C=O) groups is 1. The highest BCUT2D eigenvalue weighted by atomic mass is 79.9. The Labute approximate surface area is 96.6 Å². The van der Waals surface area contributed by atoms with E-state index >= 15 is 0 Å². The number of hydrogen-bond acceptors (Lipinski definition) is 3. The van der Waals surface area contributed by atoms with Crippen molar-refractivity contribution in [3.8, 4) is 0 Å². The van der Waals surface area contributed by atoms with Gasteiger partial charge in [-0.25, -0.2) is 0 Å². The van der Waals surface area contributed by atoms with E-state index in [4.69, 9.17) is 10.8 Å². The Morgan fingerprint density at radius 2 is 2.33 bits per heavy atom. The maximum atomic E-state index is 11.6. The summed E-state index contributed by atoms with van der Waals surface area (Å²) in [5.74, 6) is -0.277. The Kier molecular flexibility index (Phi) is 4.11. The zero-order valence-electron chi connectivity index (χ0n) is 8.33. The van der Waals surface area contributed by atoms with Crippen LogP contribution in [0.3, 0.4) is 0 Å². The predicted octanol–water partition coefficient (Wildman–Crippen LogP) is 1.14. The fraction of sp³-hybridized carbons (Fsp3) is 0.300. The van der Waals surface area contributed by atoms with Gasteiger partial charge >= 0.3 is 0 Å². The quantitative estimate of drug-likeness (QED) is 0.723. The van der Waals surface area contributed by atoms with Crippen LogP contribution in [-0.4, -0.2) is 23.7 Å². The van der Waals surface area contributed by atoms with Crippen LogP contribution in [0.1, 0.15) is 17.3 Å². The van der Waals surface area contributed by atoms with E-state index in [1.54, 1.807) is 25.1 Å². The molecule has 0 saturated carbocycles. The van der Waals surface area contributed by atoms with Crippen LogP contribution >= 0.6 is 15.9 Å². The molecule has 0 aliphatic heterocycles. The molecule has 0 aliphatic carbocycles. The fourth-order valence-corrected chi connectivity index (χ4v) is 1.45. The zero-order valence-corrected chi connectivity index (χ0v) is 9.91. The number of carbonyl (C=O) groups excluding carboxylic acids is 1. The fourth-order valence-electron chi connectivity index (χ4n) is 1.08. The summed E-state index contributed by atoms with van der Waals surface area (Å²) < 4.78 is 0.826. The Balaban J connectivity index is 2.74. The topological polar surface area (TPSA) is 75.3 Å². The summed E-state index contributed by atoms with van der Waals surface area (Å²) in [4.78, 5) is 11.6. The molecule has 1 rings (SSSR count). The first kappa shape index (κ1) is 12.0. The summed E-state index contributed by atoms with van der Waals surface area (Å²) in [6.45, 7) is 1.82. The van der Waals surface area contributed by atoms with Crippen molar-refractivity contribution in [2.24, 2.45) is 0 Å². The second-order valence-corrected chi connectivity index (χ2v) is 4.21. The normalized spacial score (nSPS) is 12.2. The lowest BCUT2D eigenvalue weighted by atomic mass is 10.1. The average Bonchev–Trinajstić information content (AvgIpc) is 2.14. The number of amides is 1. The Bertz CT molecular complexity index is 366. The largest absolute Gasteiger partial charge is 0.398 e. The van der Waals surface area contributed by atoms with Gasteiger partial charge in [-0.1, -0.05) is 15.9 Å². The van der Waals surface area contributed by atoms with Crippen LogP contribution in [-0.2, 0) is 0 Å². The second kappa shape index (κ2) is 5.14. The number of aliphatic hydroxyl groups excluding tert-OH is 1. The monoisotopic (exact) mass is 272 g/mol. The van der Waals surface area contributed by atoms with Crippen molar-refractivity contribution in [1.29, 1.82) is 0 Å². The van der Waals surface area contributed by atoms with Crippen LogP contribution in [0, 0.1) is 0 Å². The number of benzene rings is 1. The molecule has 1 amide bonds. The highest BCUT2D eigenvalue weighted by Gasteiger charge is 2.09. The molecule has 0 aliphatic rings. The van der Waals surface area contributed by atoms with Crippen molar-refractivity contribution < 1.29 is 9.90 Å². The molecule has 0 spiro atoms. The van der Waals surface area contributed by atoms with E-state index in [2.05, 4.69) is 21.2 Å². The van der Waals surface area contributed by atoms with Gasteiger partial charge in [-0.3, -0.25) is 4.79 Å². The van der Waals surface area contributed by atoms with Crippen molar-refractivity contribution >= 4 is 27.5 Å². The first-order chi connectivity index (χ1) is 7.00. The van der Waals surface area contributed by atoms with Gasteiger partial charge in [0.2, 0.25) is 0 Å². The zero-order chi connectivity index (χ0) is 11.4. The SMILES string of the molecule is CC(O)CNC(=O)c1ccc(Br)cc1N. The Morgan fingerprint density at radius 1 is 1.67 bits per heavy atom. The van der Waals surface area contributed by atoms with Gasteiger partial charge in [0.25, 0.3) is 5.91 Å². The molecule has 0 heterocycles. The molecule has 0 bridgehead atoms. The van der Waals surface area contributed by atoms with Crippen LogP contribution in [0.25, 0.3) is 0 Å². The summed E-state index contributed by atoms with van der Waals surface area (Å²) in [7, 11) is 0. The van der Waals surface area contributed by atoms with Crippen LogP contribution in [0.2, 0.25) is 0 Å². The molecule has 1 aromatic rings. The lowest BCUT2D eigenvalue weighted by Gasteiger charge is -2.09. The molecule has 1 atom stereocenters. The second-order valence-electron chi connectivity index (χ2n) is 3.29. The van der Waals surface area contributed by atoms with Gasteiger partial charge < -0.3 is 16.2 Å². The molecule has 1 aromatic carbocycles. The van der Waals surface area contributed by atoms with Crippen molar-refractivity contribution in [2.75, 3.05) is 12.3 Å². The van der Waals surface area contributed by atoms with Crippen molar-refractivity contribution in [2.45, 2.75) is 13.0 Å². The van der Waals surface area contributed by atoms with Gasteiger partial charge in [0.05, 0.1) is 11.7 Å². The van der Waals surface area contributed by atoms with Gasteiger partial charge in [0.15, 0.2) is 0 Å². The van der Waals surface area contributed by atoms with Crippen LogP contribution in [0.5, 0.6) is 0 Å². The standard InChI is InChI=1S/C10H13BrN2O2/c1-6(14)5-13-10(15)8-3-2-7(11)4-9(8)12/h2-4,6,14H,5,12H2,1H3,(H,13,15). The van der Waals surface area contributed by atoms with Crippen LogP contribution < -0.4 is 11.1 Å². The lowest BCUT2D eigenvalue weighted by Crippen LogP contribution is -2.31. The summed E-state index contributed by atoms with van der Waals surface area (Å²) in [6.07, 6.45) is -0.564. The third-order valence-electron chi connectivity index (χ3n) is 1.82. The van der Waals surface area contributed by atoms with Crippen molar-refractivity contribution in [3.05, 3.63) is 28.2 Å². The molecule has 82 valence electrons. The maximum absolute atomic E-state index is 11.6. The smallest absolute Gasteiger partial charge is 0.253 e. The third kappa shape index (κ3) is 3.53. The summed E-state index contributed by atoms with van der Waals surface area (Å²) in [5, 5.41) is 11.6. The minimum Gasteiger partial charge on any atom is -0.398 e. The van der Waals surface area contributed by atoms with Gasteiger partial charge in [-0.15, -0.1) is 0 Å². The number of nitrogen functional groups attached to an aromatic ring is 1. The molecular formula is C10H13BrN2O2.